The van der Waals surface area contributed by atoms with E-state index in [1.807, 2.05) is 112 Å². The molecule has 21 nitrogen and oxygen atoms in total. The average Bonchev–Trinajstić information content (AvgIpc) is 1.81. The summed E-state index contributed by atoms with van der Waals surface area (Å²) in [7, 11) is 4.77. The molecule has 6 amide bonds. The second-order valence-corrected chi connectivity index (χ2v) is 22.9. The Morgan fingerprint density at radius 1 is 0.396 bits per heavy atom. The average molecular weight is 1240 g/mol. The van der Waals surface area contributed by atoms with Crippen LogP contribution in [0.15, 0.2) is 127 Å². The Labute approximate surface area is 528 Å². The van der Waals surface area contributed by atoms with Gasteiger partial charge in [0.25, 0.3) is 0 Å². The summed E-state index contributed by atoms with van der Waals surface area (Å²) < 4.78 is 16.3. The predicted molar refractivity (Wildman–Crippen MR) is 357 cm³/mol. The number of ether oxygens (including phenoxy) is 3. The van der Waals surface area contributed by atoms with E-state index in [1.165, 1.54) is 0 Å². The number of carbonyl (C=O) groups excluding carboxylic acids is 6. The van der Waals surface area contributed by atoms with Gasteiger partial charge >= 0.3 is 0 Å². The van der Waals surface area contributed by atoms with Crippen molar-refractivity contribution in [1.82, 2.24) is 30.9 Å². The van der Waals surface area contributed by atoms with Gasteiger partial charge in [-0.3, -0.25) is 28.8 Å². The molecule has 9 aromatic rings. The zero-order valence-electron chi connectivity index (χ0n) is 52.3. The summed E-state index contributed by atoms with van der Waals surface area (Å²) in [6.45, 7) is 6.70. The lowest BCUT2D eigenvalue weighted by Crippen LogP contribution is -2.44. The number of aryl methyl sites for hydroxylation is 3. The van der Waals surface area contributed by atoms with E-state index in [4.69, 9.17) is 31.4 Å². The summed E-state index contributed by atoms with van der Waals surface area (Å²) in [5, 5.41) is 20.5. The van der Waals surface area contributed by atoms with Crippen molar-refractivity contribution in [2.24, 2.45) is 17.2 Å². The fraction of sp³-hybridized carbons (Fsp3) is 0.314. The maximum absolute atomic E-state index is 14.1. The minimum atomic E-state index is -0.875. The van der Waals surface area contributed by atoms with Crippen LogP contribution >= 0.6 is 0 Å². The van der Waals surface area contributed by atoms with Crippen LogP contribution in [0.25, 0.3) is 32.7 Å². The molecule has 0 aliphatic heterocycles. The van der Waals surface area contributed by atoms with Gasteiger partial charge in [-0.2, -0.15) is 0 Å². The van der Waals surface area contributed by atoms with E-state index < -0.39 is 41.8 Å². The highest BCUT2D eigenvalue weighted by Crippen LogP contribution is 2.35. The molecule has 0 aliphatic rings. The fourth-order valence-corrected chi connectivity index (χ4v) is 11.7. The van der Waals surface area contributed by atoms with Crippen LogP contribution in [0, 0.1) is 20.8 Å². The lowest BCUT2D eigenvalue weighted by Gasteiger charge is -2.22. The topological polar surface area (TPSA) is 328 Å². The van der Waals surface area contributed by atoms with Crippen molar-refractivity contribution >= 4 is 85.2 Å². The number of anilines is 3. The van der Waals surface area contributed by atoms with Gasteiger partial charge in [-0.15, -0.1) is 0 Å². The van der Waals surface area contributed by atoms with E-state index in [2.05, 4.69) is 46.9 Å². The highest BCUT2D eigenvalue weighted by molar-refractivity contribution is 6.01. The maximum Gasteiger partial charge on any atom is 0.246 e. The number of hydrogen-bond donors (Lipinski definition) is 12. The van der Waals surface area contributed by atoms with E-state index in [9.17, 15) is 28.8 Å². The predicted octanol–water partition coefficient (Wildman–Crippen LogP) is 8.48. The van der Waals surface area contributed by atoms with E-state index in [1.54, 1.807) is 57.7 Å². The van der Waals surface area contributed by atoms with Crippen molar-refractivity contribution in [3.05, 3.63) is 178 Å². The SMILES string of the molecule is COc1ccc2[nH]c(C)c(CC(=O)N[C@@H](CCCN)C(=O)Nc3ccc(C(c4ccc(NC(=O)[C@H](CCCN)NC(=O)Cc5c(C)[nH]c6ccc(OC)cc56)cc4)c4ccc(NC(=O)[C@H](CCCN)NC(=O)Cc5c(C)[nH]c6ccc(OC)cc56)cc4)cc3)c2c1. The zero-order chi connectivity index (χ0) is 64.7. The molecule has 476 valence electrons. The molecular weight excluding hydrogens is 1150 g/mol. The van der Waals surface area contributed by atoms with E-state index in [0.717, 1.165) is 83.2 Å². The molecule has 3 heterocycles. The van der Waals surface area contributed by atoms with Crippen molar-refractivity contribution in [2.45, 2.75) is 103 Å². The highest BCUT2D eigenvalue weighted by atomic mass is 16.5. The van der Waals surface area contributed by atoms with Gasteiger partial charge in [0.15, 0.2) is 0 Å². The number of H-pyrrole nitrogens is 3. The summed E-state index contributed by atoms with van der Waals surface area (Å²) in [5.41, 5.74) is 29.3. The van der Waals surface area contributed by atoms with Gasteiger partial charge in [0.05, 0.1) is 40.6 Å². The largest absolute Gasteiger partial charge is 0.497 e. The molecule has 0 unspecified atom stereocenters. The Balaban J connectivity index is 0.932. The van der Waals surface area contributed by atoms with Crippen LogP contribution in [0.1, 0.15) is 94.9 Å². The lowest BCUT2D eigenvalue weighted by atomic mass is 9.85. The van der Waals surface area contributed by atoms with Gasteiger partial charge in [0, 0.05) is 72.8 Å². The first-order valence-electron chi connectivity index (χ1n) is 30.7. The Bertz CT molecular complexity index is 3630. The number of carbonyl (C=O) groups is 6. The number of rotatable bonds is 30. The Kier molecular flexibility index (Phi) is 21.9. The first-order chi connectivity index (χ1) is 44.0. The number of nitrogens with one attached hydrogen (secondary N) is 9. The van der Waals surface area contributed by atoms with Crippen LogP contribution in [0.5, 0.6) is 17.2 Å². The van der Waals surface area contributed by atoms with Crippen molar-refractivity contribution in [1.29, 1.82) is 0 Å². The minimum absolute atomic E-state index is 0.0384. The van der Waals surface area contributed by atoms with Crippen LogP contribution in [-0.2, 0) is 48.0 Å². The summed E-state index contributed by atoms with van der Waals surface area (Å²) >= 11 is 0. The second kappa shape index (κ2) is 30.5. The molecule has 9 rings (SSSR count). The third-order valence-electron chi connectivity index (χ3n) is 16.6. The van der Waals surface area contributed by atoms with Crippen molar-refractivity contribution in [3.8, 4) is 17.2 Å². The molecule has 0 saturated carbocycles. The maximum atomic E-state index is 14.1. The third-order valence-corrected chi connectivity index (χ3v) is 16.6. The Morgan fingerprint density at radius 3 is 0.901 bits per heavy atom. The fourth-order valence-electron chi connectivity index (χ4n) is 11.7. The smallest absolute Gasteiger partial charge is 0.246 e. The van der Waals surface area contributed by atoms with Crippen molar-refractivity contribution in [2.75, 3.05) is 56.9 Å². The van der Waals surface area contributed by atoms with Crippen LogP contribution in [0.3, 0.4) is 0 Å². The van der Waals surface area contributed by atoms with Gasteiger partial charge in [-0.25, -0.2) is 0 Å². The van der Waals surface area contributed by atoms with Crippen LogP contribution in [0.2, 0.25) is 0 Å². The van der Waals surface area contributed by atoms with Crippen molar-refractivity contribution < 1.29 is 43.0 Å². The number of aromatic nitrogens is 3. The van der Waals surface area contributed by atoms with Gasteiger partial charge in [0.2, 0.25) is 35.4 Å². The molecule has 0 bridgehead atoms. The molecule has 0 fully saturated rings. The van der Waals surface area contributed by atoms with E-state index in [0.29, 0.717) is 92.5 Å². The van der Waals surface area contributed by atoms with Gasteiger partial charge in [0.1, 0.15) is 35.4 Å². The van der Waals surface area contributed by atoms with Gasteiger partial charge < -0.3 is 78.3 Å². The molecule has 0 saturated heterocycles. The highest BCUT2D eigenvalue weighted by Gasteiger charge is 2.27. The molecule has 3 atom stereocenters. The standard InChI is InChI=1S/C70H82N12O9/c1-40-52(55-34-49(89-4)25-28-58(55)74-40)37-64(83)80-61(10-7-31-71)68(86)77-46-19-13-43(14-20-46)67(44-15-21-47(22-16-44)78-69(87)62(11-8-32-72)81-65(84)38-53-41(2)75-59-29-26-50(90-5)35-56(53)59)45-17-23-48(24-18-45)79-70(88)63(12-9-33-73)82-66(85)39-54-42(3)76-60-30-27-51(91-6)36-57(54)60/h13-30,34-36,61-63,67,74-76H,7-12,31-33,37-39,71-73H2,1-6H3,(H,77,86)(H,78,87)(H,79,88)(H,80,83)(H,81,84)(H,82,85)/t61-,62-,63-/m0/s1. The van der Waals surface area contributed by atoms with Crippen LogP contribution < -0.4 is 63.3 Å². The third kappa shape index (κ3) is 16.3. The summed E-state index contributed by atoms with van der Waals surface area (Å²) in [4.78, 5) is 93.3. The summed E-state index contributed by atoms with van der Waals surface area (Å²) in [6, 6.07) is 36.5. The number of amides is 6. The summed E-state index contributed by atoms with van der Waals surface area (Å²) in [5.74, 6) is -0.590. The first kappa shape index (κ1) is 65.5. The molecule has 15 N–H and O–H groups in total. The molecule has 6 aromatic carbocycles. The second-order valence-electron chi connectivity index (χ2n) is 22.9. The molecule has 3 aromatic heterocycles. The van der Waals surface area contributed by atoms with E-state index in [-0.39, 0.29) is 37.0 Å². The lowest BCUT2D eigenvalue weighted by molar-refractivity contribution is -0.126. The number of hydrogen-bond acceptors (Lipinski definition) is 12. The molecule has 0 aliphatic carbocycles. The van der Waals surface area contributed by atoms with Crippen molar-refractivity contribution in [3.63, 3.8) is 0 Å². The number of fused-ring (bicyclic) bond motifs is 3. The van der Waals surface area contributed by atoms with Gasteiger partial charge in [-0.05, 0) is 203 Å². The molecule has 91 heavy (non-hydrogen) atoms. The zero-order valence-corrected chi connectivity index (χ0v) is 52.3. The van der Waals surface area contributed by atoms with Crippen LogP contribution in [-0.4, -0.2) is 109 Å². The Hall–Kier alpha value is -9.96. The molecule has 0 radical (unpaired) electrons. The molecule has 21 heteroatoms. The number of nitrogens with two attached hydrogens (primary N) is 3. The Morgan fingerprint density at radius 2 is 0.659 bits per heavy atom. The quantitative estimate of drug-likeness (QED) is 0.0189. The monoisotopic (exact) mass is 1230 g/mol. The minimum Gasteiger partial charge on any atom is -0.497 e. The normalized spacial score (nSPS) is 12.3. The summed E-state index contributed by atoms with van der Waals surface area (Å²) in [6.07, 6.45) is 2.55. The first-order valence-corrected chi connectivity index (χ1v) is 30.7. The number of methoxy groups -OCH3 is 3. The van der Waals surface area contributed by atoms with Crippen LogP contribution in [0.4, 0.5) is 17.1 Å². The van der Waals surface area contributed by atoms with Gasteiger partial charge in [-0.1, -0.05) is 36.4 Å². The molecular formula is C70H82N12O9. The number of aromatic amines is 3. The number of benzene rings is 6. The molecule has 0 spiro atoms. The van der Waals surface area contributed by atoms with E-state index >= 15 is 0 Å².